The molecule has 7 N–H and O–H groups in total. The van der Waals surface area contributed by atoms with E-state index in [9.17, 15) is 24.3 Å². The van der Waals surface area contributed by atoms with E-state index < -0.39 is 59.6 Å². The Hall–Kier alpha value is -4.83. The highest BCUT2D eigenvalue weighted by molar-refractivity contribution is 6.35. The summed E-state index contributed by atoms with van der Waals surface area (Å²) in [6, 6.07) is 8.30. The van der Waals surface area contributed by atoms with Crippen LogP contribution in [0.4, 0.5) is 21.9 Å². The number of alkyl carbamates (subject to hydrolysis) is 1. The van der Waals surface area contributed by atoms with Crippen molar-refractivity contribution in [1.29, 1.82) is 0 Å². The van der Waals surface area contributed by atoms with E-state index in [0.717, 1.165) is 11.1 Å². The first-order valence-corrected chi connectivity index (χ1v) is 19.4. The van der Waals surface area contributed by atoms with Gasteiger partial charge in [-0.2, -0.15) is 0 Å². The highest BCUT2D eigenvalue weighted by atomic mass is 35.5. The Morgan fingerprint density at radius 1 is 1.12 bits per heavy atom. The molecule has 15 nitrogen and oxygen atoms in total. The van der Waals surface area contributed by atoms with Crippen molar-refractivity contribution < 1.29 is 48.0 Å². The minimum Gasteiger partial charge on any atom is -0.495 e. The average molecular weight is 812 g/mol. The van der Waals surface area contributed by atoms with E-state index in [2.05, 4.69) is 10.6 Å². The Bertz CT molecular complexity index is 1910. The zero-order chi connectivity index (χ0) is 41.7. The van der Waals surface area contributed by atoms with Crippen molar-refractivity contribution in [3.8, 4) is 5.75 Å². The number of carbonyl (C=O) groups excluding carboxylic acids is 4. The number of halogens is 1. The summed E-state index contributed by atoms with van der Waals surface area (Å²) in [5.74, 6) is -1.32. The Balaban J connectivity index is 1.35. The van der Waals surface area contributed by atoms with Crippen molar-refractivity contribution in [2.24, 2.45) is 5.92 Å². The lowest BCUT2D eigenvalue weighted by atomic mass is 9.83. The first-order valence-electron chi connectivity index (χ1n) is 19.0. The Labute approximate surface area is 338 Å². The molecule has 2 aromatic rings. The molecule has 57 heavy (non-hydrogen) atoms. The number of nitrogen functional groups attached to an aromatic ring is 2. The molecule has 0 unspecified atom stereocenters. The molecule has 0 spiro atoms. The monoisotopic (exact) mass is 811 g/mol. The number of benzene rings is 2. The molecule has 0 aliphatic carbocycles. The van der Waals surface area contributed by atoms with Crippen molar-refractivity contribution in [1.82, 2.24) is 10.6 Å². The lowest BCUT2D eigenvalue weighted by molar-refractivity contribution is -0.154. The molecule has 2 aromatic carbocycles. The number of fused-ring (bicyclic) bond motifs is 5. The largest absolute Gasteiger partial charge is 0.495 e. The molecule has 310 valence electrons. The third-order valence-corrected chi connectivity index (χ3v) is 11.3. The summed E-state index contributed by atoms with van der Waals surface area (Å²) < 4.78 is 29.2. The van der Waals surface area contributed by atoms with Crippen LogP contribution in [0.5, 0.6) is 5.75 Å². The average Bonchev–Trinajstić information content (AvgIpc) is 3.86. The number of aliphatic hydroxyl groups is 1. The predicted octanol–water partition coefficient (Wildman–Crippen LogP) is 4.82. The smallest absolute Gasteiger partial charge is 0.409 e. The van der Waals surface area contributed by atoms with Crippen LogP contribution in [0, 0.1) is 5.92 Å². The zero-order valence-electron chi connectivity index (χ0n) is 33.3. The highest BCUT2D eigenvalue weighted by Crippen LogP contribution is 2.49. The number of hydrogen-bond donors (Lipinski definition) is 5. The molecule has 4 bridgehead atoms. The van der Waals surface area contributed by atoms with Gasteiger partial charge in [0.25, 0.3) is 5.91 Å². The fourth-order valence-electron chi connectivity index (χ4n) is 7.41. The van der Waals surface area contributed by atoms with Crippen LogP contribution in [-0.4, -0.2) is 92.5 Å². The fourth-order valence-corrected chi connectivity index (χ4v) is 7.73. The van der Waals surface area contributed by atoms with Crippen molar-refractivity contribution >= 4 is 52.5 Å². The summed E-state index contributed by atoms with van der Waals surface area (Å²) in [6.07, 6.45) is 2.97. The number of epoxide rings is 1. The van der Waals surface area contributed by atoms with E-state index in [1.807, 2.05) is 26.0 Å². The Morgan fingerprint density at radius 2 is 1.88 bits per heavy atom. The SMILES string of the molecule is COc1cc2cc(c1Cl)N(C)C(=O)C[C@H](OC(=O)CCCCCNC(=O)c1ccc(N)c(N)c1)[C@]1(C)O[C@H]1[C@H](C)[C@@H]1C[C@@](O)(NC(=O)O1)[C@H](OC)/C=C/C=C(\C)C2. The summed E-state index contributed by atoms with van der Waals surface area (Å²) in [4.78, 5) is 54.3. The summed E-state index contributed by atoms with van der Waals surface area (Å²) >= 11 is 6.76. The summed E-state index contributed by atoms with van der Waals surface area (Å²) in [7, 11) is 4.52. The number of carbonyl (C=O) groups is 4. The van der Waals surface area contributed by atoms with Gasteiger partial charge >= 0.3 is 12.1 Å². The van der Waals surface area contributed by atoms with Crippen LogP contribution < -0.4 is 31.7 Å². The van der Waals surface area contributed by atoms with E-state index in [1.165, 1.54) is 25.2 Å². The first-order chi connectivity index (χ1) is 27.0. The van der Waals surface area contributed by atoms with Crippen molar-refractivity contribution in [3.63, 3.8) is 0 Å². The minimum absolute atomic E-state index is 0.0356. The molecule has 16 heteroatoms. The van der Waals surface area contributed by atoms with Gasteiger partial charge in [0.15, 0.2) is 5.72 Å². The molecule has 3 heterocycles. The van der Waals surface area contributed by atoms with Crippen molar-refractivity contribution in [2.75, 3.05) is 44.2 Å². The van der Waals surface area contributed by atoms with Gasteiger partial charge in [-0.1, -0.05) is 48.7 Å². The van der Waals surface area contributed by atoms with Crippen molar-refractivity contribution in [3.05, 3.63) is 70.3 Å². The van der Waals surface area contributed by atoms with Crippen LogP contribution in [0.25, 0.3) is 0 Å². The number of hydrogen-bond acceptors (Lipinski definition) is 12. The second-order valence-electron chi connectivity index (χ2n) is 15.2. The van der Waals surface area contributed by atoms with Crippen LogP contribution in [0.1, 0.15) is 75.2 Å². The molecule has 0 radical (unpaired) electrons. The lowest BCUT2D eigenvalue weighted by Crippen LogP contribution is -2.63. The number of nitrogens with one attached hydrogen (secondary N) is 2. The summed E-state index contributed by atoms with van der Waals surface area (Å²) in [6.45, 7) is 5.88. The van der Waals surface area contributed by atoms with Gasteiger partial charge in [-0.25, -0.2) is 4.79 Å². The normalized spacial score (nSPS) is 29.2. The fraction of sp³-hybridized carbons (Fsp3) is 0.512. The second kappa shape index (κ2) is 18.2. The molecule has 3 aliphatic heterocycles. The zero-order valence-corrected chi connectivity index (χ0v) is 34.0. The van der Waals surface area contributed by atoms with Gasteiger partial charge in [0, 0.05) is 45.0 Å². The topological polar surface area (TPSA) is 217 Å². The Kier molecular flexibility index (Phi) is 13.8. The number of esters is 1. The summed E-state index contributed by atoms with van der Waals surface area (Å²) in [5.41, 5.74) is 11.9. The van der Waals surface area contributed by atoms with Gasteiger partial charge in [0.05, 0.1) is 36.7 Å². The maximum Gasteiger partial charge on any atom is 0.409 e. The molecule has 2 saturated heterocycles. The van der Waals surface area contributed by atoms with E-state index in [0.29, 0.717) is 60.6 Å². The molecule has 2 fully saturated rings. The number of nitrogens with two attached hydrogens (primary N) is 2. The number of ether oxygens (including phenoxy) is 5. The number of anilines is 3. The van der Waals surface area contributed by atoms with Gasteiger partial charge in [0.1, 0.15) is 34.7 Å². The second-order valence-corrected chi connectivity index (χ2v) is 15.6. The van der Waals surface area contributed by atoms with Gasteiger partial charge in [-0.05, 0) is 69.0 Å². The minimum atomic E-state index is -1.81. The Morgan fingerprint density at radius 3 is 2.58 bits per heavy atom. The lowest BCUT2D eigenvalue weighted by Gasteiger charge is -2.42. The van der Waals surface area contributed by atoms with Gasteiger partial charge < -0.3 is 50.5 Å². The quantitative estimate of drug-likeness (QED) is 0.0945. The van der Waals surface area contributed by atoms with Crippen molar-refractivity contribution in [2.45, 2.75) is 101 Å². The molecular formula is C41H54ClN5O10. The highest BCUT2D eigenvalue weighted by Gasteiger charge is 2.64. The number of methoxy groups -OCH3 is 2. The number of amides is 3. The van der Waals surface area contributed by atoms with E-state index >= 15 is 0 Å². The third kappa shape index (κ3) is 10.2. The van der Waals surface area contributed by atoms with E-state index in [1.54, 1.807) is 44.3 Å². The van der Waals surface area contributed by atoms with Gasteiger partial charge in [-0.3, -0.25) is 19.7 Å². The number of nitrogens with zero attached hydrogens (tertiary/aromatic N) is 1. The maximum atomic E-state index is 14.1. The van der Waals surface area contributed by atoms with E-state index in [4.69, 9.17) is 46.8 Å². The molecule has 0 saturated carbocycles. The van der Waals surface area contributed by atoms with Crippen LogP contribution in [-0.2, 0) is 35.0 Å². The van der Waals surface area contributed by atoms with Gasteiger partial charge in [-0.15, -0.1) is 0 Å². The molecule has 3 amide bonds. The molecule has 5 rings (SSSR count). The van der Waals surface area contributed by atoms with Crippen LogP contribution >= 0.6 is 11.6 Å². The third-order valence-electron chi connectivity index (χ3n) is 10.9. The van der Waals surface area contributed by atoms with Gasteiger partial charge in [0.2, 0.25) is 5.91 Å². The van der Waals surface area contributed by atoms with E-state index in [-0.39, 0.29) is 30.2 Å². The predicted molar refractivity (Wildman–Crippen MR) is 215 cm³/mol. The molecular weight excluding hydrogens is 758 g/mol. The molecule has 7 atom stereocenters. The standard InChI is InChI=1S/C41H54ClN5O10/c1-23-11-10-12-32(54-6)41(52)22-31(55-39(51)46-41)24(2)37-40(3,57-37)33(21-34(48)47(4)29-18-25(17-23)19-30(53-5)36(29)42)56-35(49)13-8-7-9-16-45-38(50)26-14-15-27(43)28(44)20-26/h10-12,14-15,18-20,24,31-33,37,52H,7-9,13,16-17,21-22,43-44H2,1-6H3,(H,45,50)(H,46,51)/b12-10+,23-11+/t24-,31+,32-,33+,37+,40+,41+/m1/s1. The molecule has 3 aliphatic rings. The number of allylic oxidation sites excluding steroid dienone is 3. The van der Waals surface area contributed by atoms with Crippen LogP contribution in [0.3, 0.4) is 0 Å². The maximum absolute atomic E-state index is 14.1. The molecule has 0 aromatic heterocycles. The number of rotatable bonds is 10. The van der Waals surface area contributed by atoms with Crippen LogP contribution in [0.15, 0.2) is 54.1 Å². The van der Waals surface area contributed by atoms with Crippen LogP contribution in [0.2, 0.25) is 5.02 Å². The first kappa shape index (κ1) is 43.3. The number of unbranched alkanes of at least 4 members (excludes halogenated alkanes) is 2. The summed E-state index contributed by atoms with van der Waals surface area (Å²) in [5, 5.41) is 17.3.